The molecule has 4 aromatic rings. The summed E-state index contributed by atoms with van der Waals surface area (Å²) >= 11 is 0. The third kappa shape index (κ3) is 4.68. The summed E-state index contributed by atoms with van der Waals surface area (Å²) in [5.74, 6) is -2.31. The highest BCUT2D eigenvalue weighted by atomic mass is 19.1. The lowest BCUT2D eigenvalue weighted by molar-refractivity contribution is 0.0523. The number of carbonyl (C=O) groups excluding carboxylic acids is 2. The van der Waals surface area contributed by atoms with Crippen molar-refractivity contribution in [3.63, 3.8) is 0 Å². The van der Waals surface area contributed by atoms with Gasteiger partial charge in [-0.15, -0.1) is 0 Å². The molecule has 0 spiro atoms. The van der Waals surface area contributed by atoms with Crippen LogP contribution in [-0.2, 0) is 11.3 Å². The van der Waals surface area contributed by atoms with Gasteiger partial charge < -0.3 is 9.30 Å². The number of fused-ring (bicyclic) bond motifs is 2. The minimum Gasteiger partial charge on any atom is -0.462 e. The molecule has 9 heteroatoms. The molecule has 0 saturated carbocycles. The fraction of sp³-hybridized carbons (Fsp3) is 0.296. The van der Waals surface area contributed by atoms with Gasteiger partial charge in [-0.3, -0.25) is 14.0 Å². The van der Waals surface area contributed by atoms with Crippen molar-refractivity contribution in [2.75, 3.05) is 6.61 Å². The second-order valence-electron chi connectivity index (χ2n) is 8.40. The van der Waals surface area contributed by atoms with E-state index in [1.54, 1.807) is 23.8 Å². The fourth-order valence-electron chi connectivity index (χ4n) is 4.09. The van der Waals surface area contributed by atoms with Gasteiger partial charge in [0, 0.05) is 12.7 Å². The highest BCUT2D eigenvalue weighted by Crippen LogP contribution is 2.15. The van der Waals surface area contributed by atoms with Crippen LogP contribution in [0.1, 0.15) is 59.4 Å². The highest BCUT2D eigenvalue weighted by molar-refractivity contribution is 5.97. The number of hydrogen-bond donors (Lipinski definition) is 0. The van der Waals surface area contributed by atoms with Crippen LogP contribution < -0.4 is 11.0 Å². The number of ether oxygens (including phenoxy) is 1. The van der Waals surface area contributed by atoms with E-state index in [2.05, 4.69) is 4.99 Å². The summed E-state index contributed by atoms with van der Waals surface area (Å²) in [5.41, 5.74) is 0.864. The topological polar surface area (TPSA) is 95.0 Å². The van der Waals surface area contributed by atoms with Crippen molar-refractivity contribution in [1.29, 1.82) is 0 Å². The average Bonchev–Trinajstić information content (AvgIpc) is 2.86. The molecule has 0 fully saturated rings. The summed E-state index contributed by atoms with van der Waals surface area (Å²) in [4.78, 5) is 48.5. The van der Waals surface area contributed by atoms with E-state index in [9.17, 15) is 18.8 Å². The van der Waals surface area contributed by atoms with E-state index in [4.69, 9.17) is 9.72 Å². The maximum Gasteiger partial charge on any atom is 0.341 e. The number of pyridine rings is 2. The molecule has 8 nitrogen and oxygen atoms in total. The molecular weight excluding hydrogens is 463 g/mol. The van der Waals surface area contributed by atoms with E-state index in [-0.39, 0.29) is 34.2 Å². The summed E-state index contributed by atoms with van der Waals surface area (Å²) in [7, 11) is 0. The van der Waals surface area contributed by atoms with Crippen molar-refractivity contribution in [3.8, 4) is 0 Å². The molecule has 0 bridgehead atoms. The Kier molecular flexibility index (Phi) is 7.38. The molecule has 0 aliphatic rings. The Hall–Kier alpha value is -4.14. The second kappa shape index (κ2) is 10.6. The van der Waals surface area contributed by atoms with E-state index in [0.29, 0.717) is 24.3 Å². The first-order valence-corrected chi connectivity index (χ1v) is 11.9. The van der Waals surface area contributed by atoms with Gasteiger partial charge >= 0.3 is 5.97 Å². The van der Waals surface area contributed by atoms with Crippen molar-refractivity contribution in [3.05, 3.63) is 87.0 Å². The Balaban J connectivity index is 2.13. The van der Waals surface area contributed by atoms with E-state index in [1.165, 1.54) is 34.7 Å². The molecule has 0 saturated heterocycles. The van der Waals surface area contributed by atoms with Crippen LogP contribution in [0, 0.1) is 12.7 Å². The van der Waals surface area contributed by atoms with Crippen LogP contribution in [0.15, 0.2) is 58.4 Å². The minimum absolute atomic E-state index is 0.0184. The second-order valence-corrected chi connectivity index (χ2v) is 8.40. The van der Waals surface area contributed by atoms with Crippen LogP contribution in [0.5, 0.6) is 0 Å². The molecule has 0 aliphatic carbocycles. The van der Waals surface area contributed by atoms with Crippen LogP contribution in [0.3, 0.4) is 0 Å². The Morgan fingerprint density at radius 2 is 1.83 bits per heavy atom. The van der Waals surface area contributed by atoms with Crippen LogP contribution in [0.25, 0.3) is 16.7 Å². The molecule has 0 N–H and O–H groups in total. The average molecular weight is 491 g/mol. The number of hydrogen-bond acceptors (Lipinski definition) is 5. The van der Waals surface area contributed by atoms with Crippen molar-refractivity contribution in [1.82, 2.24) is 14.0 Å². The number of unbranched alkanes of at least 4 members (excludes halogenated alkanes) is 2. The van der Waals surface area contributed by atoms with Crippen molar-refractivity contribution >= 4 is 28.6 Å². The van der Waals surface area contributed by atoms with Crippen LogP contribution in [-0.4, -0.2) is 32.4 Å². The first-order valence-electron chi connectivity index (χ1n) is 11.9. The van der Waals surface area contributed by atoms with Gasteiger partial charge in [0.25, 0.3) is 11.5 Å². The Bertz CT molecular complexity index is 1600. The Morgan fingerprint density at radius 1 is 1.06 bits per heavy atom. The van der Waals surface area contributed by atoms with Crippen molar-refractivity contribution in [2.45, 2.75) is 46.6 Å². The molecule has 1 amide bonds. The van der Waals surface area contributed by atoms with Gasteiger partial charge in [0.15, 0.2) is 5.49 Å². The molecule has 1 aromatic carbocycles. The number of halogens is 1. The third-order valence-electron chi connectivity index (χ3n) is 5.90. The van der Waals surface area contributed by atoms with E-state index in [1.807, 2.05) is 19.9 Å². The van der Waals surface area contributed by atoms with Gasteiger partial charge in [0.2, 0.25) is 0 Å². The largest absolute Gasteiger partial charge is 0.462 e. The van der Waals surface area contributed by atoms with Crippen LogP contribution in [0.4, 0.5) is 4.39 Å². The van der Waals surface area contributed by atoms with Gasteiger partial charge in [0.05, 0.1) is 17.6 Å². The molecule has 3 aromatic heterocycles. The lowest BCUT2D eigenvalue weighted by Crippen LogP contribution is -2.33. The normalized spacial score (nSPS) is 11.8. The van der Waals surface area contributed by atoms with Gasteiger partial charge in [-0.05, 0) is 50.1 Å². The fourth-order valence-corrected chi connectivity index (χ4v) is 4.09. The smallest absolute Gasteiger partial charge is 0.341 e. The predicted octanol–water partition coefficient (Wildman–Crippen LogP) is 4.20. The lowest BCUT2D eigenvalue weighted by atomic mass is 10.1. The monoisotopic (exact) mass is 490 g/mol. The summed E-state index contributed by atoms with van der Waals surface area (Å²) in [6.07, 6.45) is 4.09. The first kappa shape index (κ1) is 25.0. The SMILES string of the molecule is CCCCCn1c(=NC(=O)c2ccccc2F)c(C(=O)OCC)cc2c(=O)n3cccc(C)c3nc21. The summed E-state index contributed by atoms with van der Waals surface area (Å²) < 4.78 is 22.6. The summed E-state index contributed by atoms with van der Waals surface area (Å²) in [6.45, 7) is 5.97. The standard InChI is InChI=1S/C27H27FN4O4/c1-4-6-9-14-31-23-19(26(34)32-15-10-11-17(3)22(32)29-23)16-20(27(35)36-5-2)24(31)30-25(33)18-12-7-8-13-21(18)28/h7-8,10-13,15-16H,4-6,9,14H2,1-3H3. The molecule has 0 aliphatic heterocycles. The van der Waals surface area contributed by atoms with E-state index in [0.717, 1.165) is 18.4 Å². The van der Waals surface area contributed by atoms with Gasteiger partial charge in [-0.1, -0.05) is 38.0 Å². The molecule has 186 valence electrons. The molecule has 0 atom stereocenters. The van der Waals surface area contributed by atoms with Crippen molar-refractivity contribution < 1.29 is 18.7 Å². The number of esters is 1. The Labute approximate surface area is 206 Å². The van der Waals surface area contributed by atoms with Gasteiger partial charge in [0.1, 0.15) is 22.7 Å². The molecule has 0 unspecified atom stereocenters. The number of benzene rings is 1. The number of nitrogens with zero attached hydrogens (tertiary/aromatic N) is 4. The number of aromatic nitrogens is 3. The quantitative estimate of drug-likeness (QED) is 0.220. The zero-order valence-electron chi connectivity index (χ0n) is 20.5. The van der Waals surface area contributed by atoms with E-state index < -0.39 is 17.7 Å². The maximum atomic E-state index is 14.4. The predicted molar refractivity (Wildman–Crippen MR) is 133 cm³/mol. The van der Waals surface area contributed by atoms with Crippen molar-refractivity contribution in [2.24, 2.45) is 4.99 Å². The number of aryl methyl sites for hydroxylation is 2. The molecule has 4 rings (SSSR count). The minimum atomic E-state index is -0.851. The van der Waals surface area contributed by atoms with Crippen LogP contribution >= 0.6 is 0 Å². The van der Waals surface area contributed by atoms with E-state index >= 15 is 0 Å². The number of carbonyl (C=O) groups is 2. The molecule has 36 heavy (non-hydrogen) atoms. The molecular formula is C27H27FN4O4. The number of amides is 1. The zero-order chi connectivity index (χ0) is 25.8. The zero-order valence-corrected chi connectivity index (χ0v) is 20.5. The van der Waals surface area contributed by atoms with Gasteiger partial charge in [-0.2, -0.15) is 4.99 Å². The third-order valence-corrected chi connectivity index (χ3v) is 5.90. The maximum absolute atomic E-state index is 14.4. The highest BCUT2D eigenvalue weighted by Gasteiger charge is 2.21. The molecule has 3 heterocycles. The lowest BCUT2D eigenvalue weighted by Gasteiger charge is -2.15. The summed E-state index contributed by atoms with van der Waals surface area (Å²) in [6, 6.07) is 10.5. The van der Waals surface area contributed by atoms with Crippen LogP contribution in [0.2, 0.25) is 0 Å². The Morgan fingerprint density at radius 3 is 2.56 bits per heavy atom. The first-order chi connectivity index (χ1) is 17.4. The number of rotatable bonds is 7. The molecule has 0 radical (unpaired) electrons. The van der Waals surface area contributed by atoms with Gasteiger partial charge in [-0.25, -0.2) is 14.2 Å². The summed E-state index contributed by atoms with van der Waals surface area (Å²) in [5, 5.41) is 0.190.